The number of oxime groups is 1. The van der Waals surface area contributed by atoms with Crippen LogP contribution < -0.4 is 9.47 Å². The number of ether oxygens (including phenoxy) is 2. The highest BCUT2D eigenvalue weighted by atomic mass is 35.5. The van der Waals surface area contributed by atoms with E-state index in [1.807, 2.05) is 42.5 Å². The molecule has 0 radical (unpaired) electrons. The second-order valence-electron chi connectivity index (χ2n) is 6.09. The van der Waals surface area contributed by atoms with E-state index in [-0.39, 0.29) is 6.61 Å². The second-order valence-corrected chi connectivity index (χ2v) is 6.49. The summed E-state index contributed by atoms with van der Waals surface area (Å²) >= 11 is 6.38. The molecule has 0 spiro atoms. The van der Waals surface area contributed by atoms with Gasteiger partial charge in [-0.15, -0.1) is 0 Å². The number of halogens is 1. The van der Waals surface area contributed by atoms with Crippen molar-refractivity contribution in [3.05, 3.63) is 94.0 Å². The lowest BCUT2D eigenvalue weighted by Gasteiger charge is -2.13. The zero-order chi connectivity index (χ0) is 20.5. The first-order valence-corrected chi connectivity index (χ1v) is 9.26. The van der Waals surface area contributed by atoms with Gasteiger partial charge in [0.1, 0.15) is 13.2 Å². The first-order chi connectivity index (χ1) is 14.2. The van der Waals surface area contributed by atoms with Crippen LogP contribution in [0.15, 0.2) is 71.9 Å². The summed E-state index contributed by atoms with van der Waals surface area (Å²) in [5, 5.41) is 13.5. The summed E-state index contributed by atoms with van der Waals surface area (Å²) in [6, 6.07) is 22.6. The van der Waals surface area contributed by atoms with Crippen LogP contribution in [0.2, 0.25) is 5.02 Å². The zero-order valence-electron chi connectivity index (χ0n) is 15.8. The number of methoxy groups -OCH3 is 1. The molecule has 3 aromatic rings. The average molecular weight is 407 g/mol. The normalized spacial score (nSPS) is 10.5. The third-order valence-corrected chi connectivity index (χ3v) is 4.39. The van der Waals surface area contributed by atoms with Gasteiger partial charge in [0.05, 0.1) is 30.0 Å². The van der Waals surface area contributed by atoms with Crippen LogP contribution in [0.25, 0.3) is 0 Å². The van der Waals surface area contributed by atoms with Gasteiger partial charge in [-0.05, 0) is 23.8 Å². The molecule has 0 heterocycles. The Bertz CT molecular complexity index is 1030. The Hall–Kier alpha value is -3.49. The largest absolute Gasteiger partial charge is 0.493 e. The first-order valence-electron chi connectivity index (χ1n) is 8.89. The molecule has 0 aromatic heterocycles. The van der Waals surface area contributed by atoms with E-state index in [4.69, 9.17) is 31.2 Å². The topological polar surface area (TPSA) is 63.8 Å². The lowest BCUT2D eigenvalue weighted by molar-refractivity contribution is 0.132. The van der Waals surface area contributed by atoms with Crippen LogP contribution in [-0.4, -0.2) is 13.3 Å². The van der Waals surface area contributed by atoms with Crippen molar-refractivity contribution in [3.63, 3.8) is 0 Å². The Morgan fingerprint density at radius 1 is 1.03 bits per heavy atom. The first kappa shape index (κ1) is 20.2. The third kappa shape index (κ3) is 5.50. The molecule has 0 bridgehead atoms. The van der Waals surface area contributed by atoms with Gasteiger partial charge >= 0.3 is 0 Å². The minimum atomic E-state index is 0.198. The fourth-order valence-corrected chi connectivity index (χ4v) is 2.92. The van der Waals surface area contributed by atoms with E-state index in [2.05, 4.69) is 11.2 Å². The van der Waals surface area contributed by atoms with Crippen LogP contribution in [-0.2, 0) is 18.1 Å². The van der Waals surface area contributed by atoms with Crippen molar-refractivity contribution in [2.45, 2.75) is 13.2 Å². The Balaban J connectivity index is 1.66. The number of rotatable bonds is 8. The molecular weight excluding hydrogens is 388 g/mol. The summed E-state index contributed by atoms with van der Waals surface area (Å²) in [5.74, 6) is 0.976. The summed E-state index contributed by atoms with van der Waals surface area (Å²) in [4.78, 5) is 5.32. The van der Waals surface area contributed by atoms with E-state index in [0.29, 0.717) is 34.3 Å². The van der Waals surface area contributed by atoms with Gasteiger partial charge in [-0.25, -0.2) is 0 Å². The number of hydrogen-bond acceptors (Lipinski definition) is 5. The Morgan fingerprint density at radius 3 is 2.55 bits per heavy atom. The van der Waals surface area contributed by atoms with Crippen molar-refractivity contribution in [1.82, 2.24) is 0 Å². The van der Waals surface area contributed by atoms with Gasteiger partial charge in [0.2, 0.25) is 0 Å². The van der Waals surface area contributed by atoms with Gasteiger partial charge in [-0.2, -0.15) is 5.26 Å². The molecule has 6 heteroatoms. The van der Waals surface area contributed by atoms with Crippen LogP contribution in [0, 0.1) is 11.3 Å². The molecule has 0 saturated carbocycles. The predicted octanol–water partition coefficient (Wildman–Crippen LogP) is 5.35. The molecule has 0 aliphatic heterocycles. The molecule has 29 heavy (non-hydrogen) atoms. The van der Waals surface area contributed by atoms with Gasteiger partial charge in [-0.1, -0.05) is 65.3 Å². The standard InChI is InChI=1S/C23H19ClN2O3/c1-27-22-12-18(14-26-29-16-20-10-6-5-9-19(20)13-25)11-21(24)23(22)28-15-17-7-3-2-4-8-17/h2-12,14H,15-16H2,1H3/b26-14-. The Morgan fingerprint density at radius 2 is 1.79 bits per heavy atom. The lowest BCUT2D eigenvalue weighted by Crippen LogP contribution is -1.99. The highest BCUT2D eigenvalue weighted by molar-refractivity contribution is 6.32. The summed E-state index contributed by atoms with van der Waals surface area (Å²) in [7, 11) is 1.55. The SMILES string of the molecule is COc1cc(/C=N\OCc2ccccc2C#N)cc(Cl)c1OCc1ccccc1. The monoisotopic (exact) mass is 406 g/mol. The van der Waals surface area contributed by atoms with Gasteiger partial charge in [-0.3, -0.25) is 0 Å². The summed E-state index contributed by atoms with van der Waals surface area (Å²) < 4.78 is 11.3. The van der Waals surface area contributed by atoms with Crippen LogP contribution >= 0.6 is 11.6 Å². The highest BCUT2D eigenvalue weighted by Crippen LogP contribution is 2.36. The maximum absolute atomic E-state index is 9.10. The molecule has 0 saturated heterocycles. The van der Waals surface area contributed by atoms with Crippen molar-refractivity contribution < 1.29 is 14.3 Å². The molecule has 0 amide bonds. The van der Waals surface area contributed by atoms with Crippen LogP contribution in [0.3, 0.4) is 0 Å². The molecule has 3 rings (SSSR count). The fourth-order valence-electron chi connectivity index (χ4n) is 2.64. The molecule has 0 N–H and O–H groups in total. The van der Waals surface area contributed by atoms with Crippen LogP contribution in [0.4, 0.5) is 0 Å². The van der Waals surface area contributed by atoms with E-state index in [0.717, 1.165) is 11.1 Å². The van der Waals surface area contributed by atoms with E-state index in [1.54, 1.807) is 31.4 Å². The second kappa shape index (κ2) is 10.2. The lowest BCUT2D eigenvalue weighted by atomic mass is 10.1. The summed E-state index contributed by atoms with van der Waals surface area (Å²) in [6.45, 7) is 0.579. The molecule has 0 fully saturated rings. The number of nitrogens with zero attached hydrogens (tertiary/aromatic N) is 2. The average Bonchev–Trinajstić information content (AvgIpc) is 2.76. The van der Waals surface area contributed by atoms with Crippen molar-refractivity contribution in [2.75, 3.05) is 7.11 Å². The van der Waals surface area contributed by atoms with Crippen molar-refractivity contribution in [2.24, 2.45) is 5.16 Å². The van der Waals surface area contributed by atoms with E-state index >= 15 is 0 Å². The quantitative estimate of drug-likeness (QED) is 0.373. The number of hydrogen-bond donors (Lipinski definition) is 0. The van der Waals surface area contributed by atoms with Gasteiger partial charge in [0, 0.05) is 11.1 Å². The van der Waals surface area contributed by atoms with E-state index in [1.165, 1.54) is 6.21 Å². The van der Waals surface area contributed by atoms with Gasteiger partial charge in [0.25, 0.3) is 0 Å². The van der Waals surface area contributed by atoms with Crippen molar-refractivity contribution in [1.29, 1.82) is 5.26 Å². The third-order valence-electron chi connectivity index (χ3n) is 4.11. The molecular formula is C23H19ClN2O3. The smallest absolute Gasteiger partial charge is 0.180 e. The minimum absolute atomic E-state index is 0.198. The molecule has 5 nitrogen and oxygen atoms in total. The zero-order valence-corrected chi connectivity index (χ0v) is 16.6. The number of nitriles is 1. The highest BCUT2D eigenvalue weighted by Gasteiger charge is 2.12. The van der Waals surface area contributed by atoms with E-state index in [9.17, 15) is 0 Å². The van der Waals surface area contributed by atoms with Gasteiger partial charge in [0.15, 0.2) is 11.5 Å². The van der Waals surface area contributed by atoms with Crippen LogP contribution in [0.5, 0.6) is 11.5 Å². The van der Waals surface area contributed by atoms with Crippen LogP contribution in [0.1, 0.15) is 22.3 Å². The minimum Gasteiger partial charge on any atom is -0.493 e. The summed E-state index contributed by atoms with van der Waals surface area (Å²) in [6.07, 6.45) is 1.53. The molecule has 0 atom stereocenters. The van der Waals surface area contributed by atoms with E-state index < -0.39 is 0 Å². The molecule has 0 unspecified atom stereocenters. The van der Waals surface area contributed by atoms with Crippen molar-refractivity contribution >= 4 is 17.8 Å². The predicted molar refractivity (Wildman–Crippen MR) is 112 cm³/mol. The molecule has 0 aliphatic rings. The summed E-state index contributed by atoms with van der Waals surface area (Å²) in [5.41, 5.74) is 3.06. The van der Waals surface area contributed by atoms with Gasteiger partial charge < -0.3 is 14.3 Å². The maximum atomic E-state index is 9.10. The Kier molecular flexibility index (Phi) is 7.10. The molecule has 0 aliphatic carbocycles. The fraction of sp³-hybridized carbons (Fsp3) is 0.130. The molecule has 146 valence electrons. The number of benzene rings is 3. The molecule has 3 aromatic carbocycles. The van der Waals surface area contributed by atoms with Crippen molar-refractivity contribution in [3.8, 4) is 17.6 Å². The Labute approximate surface area is 174 Å². The maximum Gasteiger partial charge on any atom is 0.180 e.